The van der Waals surface area contributed by atoms with E-state index in [0.29, 0.717) is 13.1 Å². The number of nitrogens with zero attached hydrogens (tertiary/aromatic N) is 2. The Hall–Kier alpha value is -1.79. The molecule has 7 heteroatoms. The number of pyridine rings is 1. The molecule has 0 aliphatic carbocycles. The van der Waals surface area contributed by atoms with Gasteiger partial charge in [0, 0.05) is 19.2 Å². The summed E-state index contributed by atoms with van der Waals surface area (Å²) in [5.41, 5.74) is -0.796. The highest BCUT2D eigenvalue weighted by Crippen LogP contribution is 2.30. The molecule has 0 saturated carbocycles. The Morgan fingerprint density at radius 3 is 2.72 bits per heavy atom. The van der Waals surface area contributed by atoms with E-state index >= 15 is 0 Å². The summed E-state index contributed by atoms with van der Waals surface area (Å²) in [6.07, 6.45) is -3.64. The molecule has 0 bridgehead atoms. The molecule has 98 valence electrons. The van der Waals surface area contributed by atoms with Gasteiger partial charge in [0.1, 0.15) is 6.10 Å². The molecule has 2 rings (SSSR count). The largest absolute Gasteiger partial charge is 0.471 e. The smallest absolute Gasteiger partial charge is 0.416 e. The summed E-state index contributed by atoms with van der Waals surface area (Å²) in [5, 5.41) is 0. The Kier molecular flexibility index (Phi) is 3.14. The summed E-state index contributed by atoms with van der Waals surface area (Å²) in [4.78, 5) is 16.2. The van der Waals surface area contributed by atoms with E-state index in [1.54, 1.807) is 0 Å². The summed E-state index contributed by atoms with van der Waals surface area (Å²) in [6.45, 7) is 2.19. The first-order valence-corrected chi connectivity index (χ1v) is 5.31. The Balaban J connectivity index is 1.97. The fourth-order valence-electron chi connectivity index (χ4n) is 1.59. The van der Waals surface area contributed by atoms with Gasteiger partial charge >= 0.3 is 6.18 Å². The van der Waals surface area contributed by atoms with Crippen LogP contribution < -0.4 is 4.74 Å². The lowest BCUT2D eigenvalue weighted by molar-refractivity contribution is -0.138. The van der Waals surface area contributed by atoms with Gasteiger partial charge in [-0.15, -0.1) is 0 Å². The normalized spacial score (nSPS) is 16.3. The third-order valence-corrected chi connectivity index (χ3v) is 2.64. The second-order valence-corrected chi connectivity index (χ2v) is 4.04. The molecule has 1 aliphatic rings. The van der Waals surface area contributed by atoms with Gasteiger partial charge in [-0.3, -0.25) is 4.79 Å². The molecule has 1 saturated heterocycles. The highest BCUT2D eigenvalue weighted by molar-refractivity contribution is 5.74. The number of ether oxygens (including phenoxy) is 1. The highest BCUT2D eigenvalue weighted by atomic mass is 19.4. The number of halogens is 3. The Morgan fingerprint density at radius 1 is 1.50 bits per heavy atom. The minimum atomic E-state index is -4.41. The highest BCUT2D eigenvalue weighted by Gasteiger charge is 2.33. The molecule has 0 atom stereocenters. The number of amides is 1. The summed E-state index contributed by atoms with van der Waals surface area (Å²) >= 11 is 0. The summed E-state index contributed by atoms with van der Waals surface area (Å²) < 4.78 is 42.6. The molecule has 1 aromatic rings. The van der Waals surface area contributed by atoms with Crippen molar-refractivity contribution in [3.05, 3.63) is 23.9 Å². The fourth-order valence-corrected chi connectivity index (χ4v) is 1.59. The number of hydrogen-bond donors (Lipinski definition) is 0. The topological polar surface area (TPSA) is 42.4 Å². The first kappa shape index (κ1) is 12.7. The van der Waals surface area contributed by atoms with Crippen molar-refractivity contribution in [1.82, 2.24) is 9.88 Å². The van der Waals surface area contributed by atoms with Crippen molar-refractivity contribution in [2.24, 2.45) is 0 Å². The van der Waals surface area contributed by atoms with Gasteiger partial charge in [0.25, 0.3) is 0 Å². The van der Waals surface area contributed by atoms with E-state index in [0.717, 1.165) is 18.3 Å². The molecule has 1 aromatic heterocycles. The summed E-state index contributed by atoms with van der Waals surface area (Å²) in [5.74, 6) is -0.148. The zero-order chi connectivity index (χ0) is 13.3. The second kappa shape index (κ2) is 4.47. The van der Waals surface area contributed by atoms with Crippen LogP contribution >= 0.6 is 0 Å². The maximum atomic E-state index is 12.4. The van der Waals surface area contributed by atoms with Crippen LogP contribution in [0.4, 0.5) is 13.2 Å². The predicted octanol–water partition coefficient (Wildman–Crippen LogP) is 1.71. The molecule has 18 heavy (non-hydrogen) atoms. The second-order valence-electron chi connectivity index (χ2n) is 4.04. The average Bonchev–Trinajstić information content (AvgIpc) is 2.21. The van der Waals surface area contributed by atoms with Crippen LogP contribution in [-0.2, 0) is 11.0 Å². The van der Waals surface area contributed by atoms with Crippen LogP contribution in [0.5, 0.6) is 5.88 Å². The van der Waals surface area contributed by atoms with Crippen molar-refractivity contribution < 1.29 is 22.7 Å². The SMILES string of the molecule is CC(=O)N1CC(Oc2cc(C(F)(F)F)ccn2)C1. The van der Waals surface area contributed by atoms with E-state index < -0.39 is 11.7 Å². The lowest BCUT2D eigenvalue weighted by Crippen LogP contribution is -2.55. The van der Waals surface area contributed by atoms with Gasteiger partial charge in [0.2, 0.25) is 11.8 Å². The van der Waals surface area contributed by atoms with Gasteiger partial charge in [0.05, 0.1) is 18.7 Å². The maximum Gasteiger partial charge on any atom is 0.416 e. The van der Waals surface area contributed by atoms with Crippen LogP contribution in [0.3, 0.4) is 0 Å². The van der Waals surface area contributed by atoms with E-state index in [2.05, 4.69) is 4.98 Å². The minimum absolute atomic E-state index is 0.0713. The Morgan fingerprint density at radius 2 is 2.17 bits per heavy atom. The summed E-state index contributed by atoms with van der Waals surface area (Å²) in [7, 11) is 0. The number of carbonyl (C=O) groups is 1. The number of aromatic nitrogens is 1. The number of likely N-dealkylation sites (tertiary alicyclic amines) is 1. The third-order valence-electron chi connectivity index (χ3n) is 2.64. The van der Waals surface area contributed by atoms with Gasteiger partial charge in [-0.05, 0) is 6.07 Å². The molecule has 0 spiro atoms. The average molecular weight is 260 g/mol. The zero-order valence-electron chi connectivity index (χ0n) is 9.57. The monoisotopic (exact) mass is 260 g/mol. The van der Waals surface area contributed by atoms with Crippen LogP contribution in [0, 0.1) is 0 Å². The van der Waals surface area contributed by atoms with Gasteiger partial charge in [-0.25, -0.2) is 4.98 Å². The van der Waals surface area contributed by atoms with Crippen LogP contribution in [0.1, 0.15) is 12.5 Å². The fraction of sp³-hybridized carbons (Fsp3) is 0.455. The minimum Gasteiger partial charge on any atom is -0.471 e. The van der Waals surface area contributed by atoms with Crippen LogP contribution in [0.2, 0.25) is 0 Å². The van der Waals surface area contributed by atoms with Gasteiger partial charge in [-0.1, -0.05) is 0 Å². The van der Waals surface area contributed by atoms with E-state index in [1.165, 1.54) is 11.8 Å². The van der Waals surface area contributed by atoms with Crippen molar-refractivity contribution in [2.45, 2.75) is 19.2 Å². The first-order valence-electron chi connectivity index (χ1n) is 5.31. The van der Waals surface area contributed by atoms with Crippen molar-refractivity contribution in [3.8, 4) is 5.88 Å². The van der Waals surface area contributed by atoms with Crippen molar-refractivity contribution in [2.75, 3.05) is 13.1 Å². The van der Waals surface area contributed by atoms with Crippen molar-refractivity contribution in [1.29, 1.82) is 0 Å². The number of rotatable bonds is 2. The molecule has 0 radical (unpaired) electrons. The number of carbonyl (C=O) groups excluding carboxylic acids is 1. The molecule has 1 aliphatic heterocycles. The Bertz CT molecular complexity index is 456. The molecule has 1 amide bonds. The third kappa shape index (κ3) is 2.72. The number of hydrogen-bond acceptors (Lipinski definition) is 3. The quantitative estimate of drug-likeness (QED) is 0.813. The van der Waals surface area contributed by atoms with Crippen LogP contribution in [0.15, 0.2) is 18.3 Å². The molecule has 2 heterocycles. The molecular formula is C11H11F3N2O2. The molecule has 0 N–H and O–H groups in total. The first-order chi connectivity index (χ1) is 8.36. The summed E-state index contributed by atoms with van der Waals surface area (Å²) in [6, 6.07) is 1.74. The van der Waals surface area contributed by atoms with E-state index in [4.69, 9.17) is 4.74 Å². The van der Waals surface area contributed by atoms with Crippen LogP contribution in [0.25, 0.3) is 0 Å². The number of alkyl halides is 3. The Labute approximate surface area is 101 Å². The van der Waals surface area contributed by atoms with Crippen molar-refractivity contribution in [3.63, 3.8) is 0 Å². The van der Waals surface area contributed by atoms with Gasteiger partial charge in [0.15, 0.2) is 0 Å². The molecule has 1 fully saturated rings. The van der Waals surface area contributed by atoms with Crippen molar-refractivity contribution >= 4 is 5.91 Å². The van der Waals surface area contributed by atoms with Crippen LogP contribution in [-0.4, -0.2) is 35.0 Å². The lowest BCUT2D eigenvalue weighted by Gasteiger charge is -2.37. The molecule has 0 unspecified atom stereocenters. The molecule has 0 aromatic carbocycles. The van der Waals surface area contributed by atoms with Gasteiger partial charge in [-0.2, -0.15) is 13.2 Å². The molecule has 4 nitrogen and oxygen atoms in total. The molecular weight excluding hydrogens is 249 g/mol. The van der Waals surface area contributed by atoms with E-state index in [9.17, 15) is 18.0 Å². The lowest BCUT2D eigenvalue weighted by atomic mass is 10.1. The predicted molar refractivity (Wildman–Crippen MR) is 55.9 cm³/mol. The maximum absolute atomic E-state index is 12.4. The van der Waals surface area contributed by atoms with E-state index in [1.807, 2.05) is 0 Å². The van der Waals surface area contributed by atoms with E-state index in [-0.39, 0.29) is 17.9 Å². The standard InChI is InChI=1S/C11H11F3N2O2/c1-7(17)16-5-9(6-16)18-10-4-8(2-3-15-10)11(12,13)14/h2-4,9H,5-6H2,1H3. The zero-order valence-corrected chi connectivity index (χ0v) is 9.57. The van der Waals surface area contributed by atoms with Gasteiger partial charge < -0.3 is 9.64 Å².